The minimum absolute atomic E-state index is 0.201. The molecular formula is C20H18N2O2S. The number of carbonyl (C=O) groups excluding carboxylic acids is 1. The van der Waals surface area contributed by atoms with Crippen LogP contribution in [0, 0.1) is 0 Å². The van der Waals surface area contributed by atoms with Gasteiger partial charge in [-0.3, -0.25) is 10.1 Å². The molecule has 0 aliphatic carbocycles. The van der Waals surface area contributed by atoms with Crippen molar-refractivity contribution in [1.29, 1.82) is 0 Å². The second-order valence-corrected chi connectivity index (χ2v) is 6.04. The van der Waals surface area contributed by atoms with Crippen molar-refractivity contribution in [2.24, 2.45) is 0 Å². The monoisotopic (exact) mass is 350 g/mol. The third-order valence-corrected chi connectivity index (χ3v) is 4.20. The first-order valence-electron chi connectivity index (χ1n) is 8.00. The van der Waals surface area contributed by atoms with E-state index in [1.807, 2.05) is 36.4 Å². The molecule has 126 valence electrons. The van der Waals surface area contributed by atoms with Gasteiger partial charge in [0.05, 0.1) is 0 Å². The number of aryl methyl sites for hydroxylation is 1. The van der Waals surface area contributed by atoms with E-state index in [0.29, 0.717) is 5.56 Å². The number of amides is 1. The van der Waals surface area contributed by atoms with Crippen LogP contribution in [0.4, 0.5) is 5.69 Å². The van der Waals surface area contributed by atoms with Gasteiger partial charge in [0.25, 0.3) is 5.91 Å². The predicted octanol–water partition coefficient (Wildman–Crippen LogP) is 4.23. The average Bonchev–Trinajstić information content (AvgIpc) is 2.62. The number of thiocarbonyl (C=S) groups is 1. The molecule has 3 rings (SSSR count). The maximum Gasteiger partial charge on any atom is 0.257 e. The molecule has 0 atom stereocenters. The lowest BCUT2D eigenvalue weighted by molar-refractivity contribution is 0.0977. The highest BCUT2D eigenvalue weighted by Gasteiger charge is 2.10. The maximum absolute atomic E-state index is 12.3. The molecule has 0 aromatic heterocycles. The molecule has 0 bridgehead atoms. The van der Waals surface area contributed by atoms with Gasteiger partial charge in [0.2, 0.25) is 0 Å². The fraction of sp³-hybridized carbons (Fsp3) is 0.100. The first kappa shape index (κ1) is 16.9. The molecule has 0 spiro atoms. The molecular weight excluding hydrogens is 332 g/mol. The second-order valence-electron chi connectivity index (χ2n) is 5.64. The lowest BCUT2D eigenvalue weighted by Crippen LogP contribution is -2.34. The van der Waals surface area contributed by atoms with Crippen molar-refractivity contribution in [2.75, 3.05) is 5.32 Å². The first-order valence-corrected chi connectivity index (χ1v) is 8.41. The van der Waals surface area contributed by atoms with Crippen LogP contribution in [0.5, 0.6) is 5.75 Å². The van der Waals surface area contributed by atoms with Crippen molar-refractivity contribution in [1.82, 2.24) is 5.32 Å². The molecule has 3 N–H and O–H groups in total. The number of carbonyl (C=O) groups is 1. The Morgan fingerprint density at radius 3 is 2.40 bits per heavy atom. The summed E-state index contributed by atoms with van der Waals surface area (Å²) in [5, 5.41) is 17.4. The number of rotatable bonds is 3. The number of benzene rings is 3. The third-order valence-electron chi connectivity index (χ3n) is 4.00. The molecule has 0 fully saturated rings. The van der Waals surface area contributed by atoms with Crippen LogP contribution in [-0.2, 0) is 6.42 Å². The summed E-state index contributed by atoms with van der Waals surface area (Å²) in [6.45, 7) is 2.07. The predicted molar refractivity (Wildman–Crippen MR) is 105 cm³/mol. The summed E-state index contributed by atoms with van der Waals surface area (Å²) < 4.78 is 0. The molecule has 0 saturated heterocycles. The minimum atomic E-state index is -0.261. The lowest BCUT2D eigenvalue weighted by atomic mass is 10.1. The average molecular weight is 350 g/mol. The van der Waals surface area contributed by atoms with Gasteiger partial charge in [0, 0.05) is 22.0 Å². The Morgan fingerprint density at radius 2 is 1.68 bits per heavy atom. The highest BCUT2D eigenvalue weighted by atomic mass is 32.1. The number of hydrogen-bond donors (Lipinski definition) is 3. The Hall–Kier alpha value is -2.92. The molecule has 0 unspecified atom stereocenters. The number of phenols is 1. The van der Waals surface area contributed by atoms with Crippen LogP contribution in [0.25, 0.3) is 10.8 Å². The van der Waals surface area contributed by atoms with Crippen LogP contribution in [0.1, 0.15) is 22.8 Å². The summed E-state index contributed by atoms with van der Waals surface area (Å²) in [5.74, 6) is -0.0599. The van der Waals surface area contributed by atoms with Gasteiger partial charge in [-0.1, -0.05) is 43.3 Å². The fourth-order valence-corrected chi connectivity index (χ4v) is 2.83. The van der Waals surface area contributed by atoms with E-state index in [9.17, 15) is 9.90 Å². The molecule has 5 heteroatoms. The minimum Gasteiger partial charge on any atom is -0.507 e. The van der Waals surface area contributed by atoms with Gasteiger partial charge in [-0.2, -0.15) is 0 Å². The van der Waals surface area contributed by atoms with E-state index in [1.165, 1.54) is 5.56 Å². The fourth-order valence-electron chi connectivity index (χ4n) is 2.62. The van der Waals surface area contributed by atoms with Crippen LogP contribution >= 0.6 is 12.2 Å². The van der Waals surface area contributed by atoms with E-state index >= 15 is 0 Å². The van der Waals surface area contributed by atoms with Gasteiger partial charge in [-0.25, -0.2) is 0 Å². The summed E-state index contributed by atoms with van der Waals surface area (Å²) in [6.07, 6.45) is 0.926. The van der Waals surface area contributed by atoms with Crippen molar-refractivity contribution >= 4 is 39.7 Å². The first-order chi connectivity index (χ1) is 12.1. The van der Waals surface area contributed by atoms with E-state index in [0.717, 1.165) is 22.9 Å². The number of hydrogen-bond acceptors (Lipinski definition) is 3. The van der Waals surface area contributed by atoms with Crippen LogP contribution in [0.15, 0.2) is 60.7 Å². The highest BCUT2D eigenvalue weighted by molar-refractivity contribution is 7.80. The molecule has 0 saturated carbocycles. The molecule has 25 heavy (non-hydrogen) atoms. The number of anilines is 1. The molecule has 1 amide bonds. The molecule has 0 radical (unpaired) electrons. The smallest absolute Gasteiger partial charge is 0.257 e. The summed E-state index contributed by atoms with van der Waals surface area (Å²) >= 11 is 5.25. The van der Waals surface area contributed by atoms with Gasteiger partial charge < -0.3 is 10.4 Å². The summed E-state index contributed by atoms with van der Waals surface area (Å²) in [4.78, 5) is 12.3. The van der Waals surface area contributed by atoms with Crippen LogP contribution < -0.4 is 10.6 Å². The van der Waals surface area contributed by atoms with E-state index < -0.39 is 0 Å². The standard InChI is InChI=1S/C20H18N2O2S/c1-2-13-9-11-14(12-10-13)19(24)22-20(25)21-17-7-3-6-16-15(17)5-4-8-18(16)23/h3-12,23H,2H2,1H3,(H2,21,22,24,25). The van der Waals surface area contributed by atoms with Crippen molar-refractivity contribution in [3.05, 3.63) is 71.8 Å². The van der Waals surface area contributed by atoms with Gasteiger partial charge >= 0.3 is 0 Å². The molecule has 4 nitrogen and oxygen atoms in total. The van der Waals surface area contributed by atoms with E-state index in [-0.39, 0.29) is 16.8 Å². The largest absolute Gasteiger partial charge is 0.507 e. The molecule has 3 aromatic rings. The van der Waals surface area contributed by atoms with Crippen molar-refractivity contribution in [3.63, 3.8) is 0 Å². The zero-order valence-electron chi connectivity index (χ0n) is 13.7. The molecule has 0 heterocycles. The quantitative estimate of drug-likeness (QED) is 0.619. The SMILES string of the molecule is CCc1ccc(C(=O)NC(=S)Nc2cccc3c(O)cccc23)cc1. The lowest BCUT2D eigenvalue weighted by Gasteiger charge is -2.12. The number of aromatic hydroxyl groups is 1. The van der Waals surface area contributed by atoms with E-state index in [4.69, 9.17) is 12.2 Å². The Bertz CT molecular complexity index is 936. The molecule has 0 aliphatic heterocycles. The van der Waals surface area contributed by atoms with Gasteiger partial charge in [0.15, 0.2) is 5.11 Å². The van der Waals surface area contributed by atoms with Crippen LogP contribution in [0.3, 0.4) is 0 Å². The normalized spacial score (nSPS) is 10.4. The van der Waals surface area contributed by atoms with Crippen molar-refractivity contribution in [3.8, 4) is 5.75 Å². The summed E-state index contributed by atoms with van der Waals surface area (Å²) in [5.41, 5.74) is 2.45. The molecule has 0 aliphatic rings. The zero-order chi connectivity index (χ0) is 17.8. The van der Waals surface area contributed by atoms with Crippen LogP contribution in [0.2, 0.25) is 0 Å². The second kappa shape index (κ2) is 7.32. The topological polar surface area (TPSA) is 61.4 Å². The van der Waals surface area contributed by atoms with Crippen molar-refractivity contribution in [2.45, 2.75) is 13.3 Å². The zero-order valence-corrected chi connectivity index (χ0v) is 14.6. The van der Waals surface area contributed by atoms with Gasteiger partial charge in [0.1, 0.15) is 5.75 Å². The van der Waals surface area contributed by atoms with Gasteiger partial charge in [-0.15, -0.1) is 0 Å². The van der Waals surface area contributed by atoms with Crippen LogP contribution in [-0.4, -0.2) is 16.1 Å². The number of nitrogens with one attached hydrogen (secondary N) is 2. The highest BCUT2D eigenvalue weighted by Crippen LogP contribution is 2.29. The van der Waals surface area contributed by atoms with Crippen molar-refractivity contribution < 1.29 is 9.90 Å². The Labute approximate surface area is 151 Å². The number of phenolic OH excluding ortho intramolecular Hbond substituents is 1. The third kappa shape index (κ3) is 3.78. The Kier molecular flexibility index (Phi) is 4.95. The summed E-state index contributed by atoms with van der Waals surface area (Å²) in [7, 11) is 0. The Morgan fingerprint density at radius 1 is 1.00 bits per heavy atom. The maximum atomic E-state index is 12.3. The Balaban J connectivity index is 1.74. The van der Waals surface area contributed by atoms with E-state index in [1.54, 1.807) is 24.3 Å². The molecule has 3 aromatic carbocycles. The number of fused-ring (bicyclic) bond motifs is 1. The van der Waals surface area contributed by atoms with E-state index in [2.05, 4.69) is 17.6 Å². The van der Waals surface area contributed by atoms with Gasteiger partial charge in [-0.05, 0) is 48.5 Å². The summed E-state index contributed by atoms with van der Waals surface area (Å²) in [6, 6.07) is 18.2.